The van der Waals surface area contributed by atoms with Crippen molar-refractivity contribution in [2.24, 2.45) is 11.8 Å². The molecule has 0 heterocycles. The number of rotatable bonds is 11. The number of carbonyl (C=O) groups excluding carboxylic acids is 4. The van der Waals surface area contributed by atoms with Crippen molar-refractivity contribution >= 4 is 23.9 Å². The molecule has 0 aromatic rings. The van der Waals surface area contributed by atoms with Crippen LogP contribution in [0.15, 0.2) is 0 Å². The van der Waals surface area contributed by atoms with Gasteiger partial charge in [0.15, 0.2) is 0 Å². The molecule has 0 aromatic heterocycles. The first-order chi connectivity index (χ1) is 19.5. The van der Waals surface area contributed by atoms with Gasteiger partial charge in [-0.1, -0.05) is 25.7 Å². The van der Waals surface area contributed by atoms with Crippen LogP contribution < -0.4 is 0 Å². The van der Waals surface area contributed by atoms with Crippen LogP contribution in [0.2, 0.25) is 0 Å². The highest BCUT2D eigenvalue weighted by molar-refractivity contribution is 5.88. The second kappa shape index (κ2) is 16.4. The monoisotopic (exact) mass is 562 g/mol. The molecule has 4 saturated carbocycles. The number of carbonyl (C=O) groups is 4. The van der Waals surface area contributed by atoms with E-state index in [0.29, 0.717) is 0 Å². The van der Waals surface area contributed by atoms with E-state index in [1.54, 1.807) is 0 Å². The van der Waals surface area contributed by atoms with E-state index in [4.69, 9.17) is 18.9 Å². The van der Waals surface area contributed by atoms with Crippen molar-refractivity contribution in [3.63, 3.8) is 0 Å². The van der Waals surface area contributed by atoms with E-state index in [9.17, 15) is 19.2 Å². The van der Waals surface area contributed by atoms with Gasteiger partial charge in [-0.15, -0.1) is 0 Å². The van der Waals surface area contributed by atoms with E-state index in [1.807, 2.05) is 0 Å². The second-order valence-electron chi connectivity index (χ2n) is 12.5. The molecule has 0 amide bonds. The lowest BCUT2D eigenvalue weighted by Gasteiger charge is -2.30. The van der Waals surface area contributed by atoms with E-state index in [0.717, 1.165) is 128 Å². The maximum atomic E-state index is 13.7. The van der Waals surface area contributed by atoms with Crippen LogP contribution in [0.25, 0.3) is 0 Å². The third-order valence-corrected chi connectivity index (χ3v) is 9.24. The van der Waals surface area contributed by atoms with Crippen molar-refractivity contribution in [2.45, 2.75) is 166 Å². The molecule has 0 aromatic carbocycles. The Morgan fingerprint density at radius 2 is 0.650 bits per heavy atom. The number of ether oxygens (including phenoxy) is 4. The van der Waals surface area contributed by atoms with Crippen LogP contribution in [-0.2, 0) is 38.1 Å². The van der Waals surface area contributed by atoms with Crippen LogP contribution >= 0.6 is 0 Å². The summed E-state index contributed by atoms with van der Waals surface area (Å²) in [7, 11) is 0. The average molecular weight is 563 g/mol. The van der Waals surface area contributed by atoms with Gasteiger partial charge in [-0.25, -0.2) is 0 Å². The fraction of sp³-hybridized carbons (Fsp3) is 0.875. The molecule has 0 radical (unpaired) electrons. The van der Waals surface area contributed by atoms with Crippen LogP contribution in [0.4, 0.5) is 0 Å². The molecule has 8 nitrogen and oxygen atoms in total. The largest absolute Gasteiger partial charge is 0.462 e. The minimum atomic E-state index is -1.15. The molecule has 40 heavy (non-hydrogen) atoms. The molecule has 0 saturated heterocycles. The van der Waals surface area contributed by atoms with Gasteiger partial charge < -0.3 is 18.9 Å². The first-order valence-electron chi connectivity index (χ1n) is 16.3. The lowest BCUT2D eigenvalue weighted by Crippen LogP contribution is -2.40. The van der Waals surface area contributed by atoms with Crippen molar-refractivity contribution < 1.29 is 38.1 Å². The first-order valence-corrected chi connectivity index (χ1v) is 16.3. The topological polar surface area (TPSA) is 105 Å². The smallest absolute Gasteiger partial charge is 0.310 e. The summed E-state index contributed by atoms with van der Waals surface area (Å²) in [6, 6.07) is 0. The molecule has 0 aliphatic heterocycles. The van der Waals surface area contributed by atoms with Crippen LogP contribution in [0, 0.1) is 11.8 Å². The van der Waals surface area contributed by atoms with Crippen LogP contribution in [0.3, 0.4) is 0 Å². The molecule has 4 aliphatic carbocycles. The summed E-state index contributed by atoms with van der Waals surface area (Å²) < 4.78 is 23.3. The Labute approximate surface area is 239 Å². The van der Waals surface area contributed by atoms with Gasteiger partial charge in [-0.05, 0) is 103 Å². The number of hydrogen-bond acceptors (Lipinski definition) is 8. The fourth-order valence-corrected chi connectivity index (χ4v) is 6.84. The molecule has 4 rings (SSSR count). The van der Waals surface area contributed by atoms with Gasteiger partial charge in [0.25, 0.3) is 0 Å². The molecular weight excluding hydrogens is 512 g/mol. The fourth-order valence-electron chi connectivity index (χ4n) is 6.84. The minimum Gasteiger partial charge on any atom is -0.462 e. The zero-order valence-electron chi connectivity index (χ0n) is 24.3. The standard InChI is InChI=1S/C32H50O8/c33-29(37-23-13-5-1-6-14-23)21-27(31(35)39-25-17-9-3-10-18-25)28(32(36)40-26-19-11-4-12-20-26)22-30(34)38-24-15-7-2-8-16-24/h23-28H,1-22H2. The lowest BCUT2D eigenvalue weighted by atomic mass is 9.86. The highest BCUT2D eigenvalue weighted by Crippen LogP contribution is 2.31. The third kappa shape index (κ3) is 10.1. The summed E-state index contributed by atoms with van der Waals surface area (Å²) in [5.41, 5.74) is 0. The summed E-state index contributed by atoms with van der Waals surface area (Å²) in [6.45, 7) is 0. The Kier molecular flexibility index (Phi) is 12.6. The van der Waals surface area contributed by atoms with Gasteiger partial charge in [-0.3, -0.25) is 19.2 Å². The van der Waals surface area contributed by atoms with Crippen molar-refractivity contribution in [3.8, 4) is 0 Å². The summed E-state index contributed by atoms with van der Waals surface area (Å²) in [5, 5.41) is 0. The normalized spacial score (nSPS) is 23.5. The molecular formula is C32H50O8. The Bertz CT molecular complexity index is 749. The zero-order valence-corrected chi connectivity index (χ0v) is 24.3. The van der Waals surface area contributed by atoms with Gasteiger partial charge >= 0.3 is 23.9 Å². The van der Waals surface area contributed by atoms with Gasteiger partial charge in [0.1, 0.15) is 24.4 Å². The predicted molar refractivity (Wildman–Crippen MR) is 148 cm³/mol. The van der Waals surface area contributed by atoms with Gasteiger partial charge in [0, 0.05) is 0 Å². The van der Waals surface area contributed by atoms with Gasteiger partial charge in [0.2, 0.25) is 0 Å². The molecule has 0 N–H and O–H groups in total. The summed E-state index contributed by atoms with van der Waals surface area (Å²) in [4.78, 5) is 53.6. The SMILES string of the molecule is O=C(CC(C(=O)OC1CCCCC1)C(CC(=O)OC1CCCCC1)C(=O)OC1CCCCC1)OC1CCCCC1. The van der Waals surface area contributed by atoms with Crippen molar-refractivity contribution in [1.82, 2.24) is 0 Å². The predicted octanol–water partition coefficient (Wildman–Crippen LogP) is 6.50. The summed E-state index contributed by atoms with van der Waals surface area (Å²) in [6.07, 6.45) is 17.3. The number of esters is 4. The molecule has 226 valence electrons. The summed E-state index contributed by atoms with van der Waals surface area (Å²) >= 11 is 0. The Morgan fingerprint density at radius 1 is 0.400 bits per heavy atom. The quantitative estimate of drug-likeness (QED) is 0.207. The Hall–Kier alpha value is -2.12. The third-order valence-electron chi connectivity index (χ3n) is 9.24. The molecule has 2 atom stereocenters. The van der Waals surface area contributed by atoms with E-state index in [1.165, 1.54) is 0 Å². The maximum Gasteiger partial charge on any atom is 0.310 e. The minimum absolute atomic E-state index is 0.167. The Morgan fingerprint density at radius 3 is 0.925 bits per heavy atom. The van der Waals surface area contributed by atoms with Gasteiger partial charge in [-0.2, -0.15) is 0 Å². The first kappa shape index (κ1) is 30.8. The average Bonchev–Trinajstić information content (AvgIpc) is 2.97. The molecule has 0 bridgehead atoms. The second-order valence-corrected chi connectivity index (χ2v) is 12.5. The molecule has 4 fully saturated rings. The van der Waals surface area contributed by atoms with E-state index in [-0.39, 0.29) is 37.3 Å². The van der Waals surface area contributed by atoms with Crippen LogP contribution in [0.5, 0.6) is 0 Å². The van der Waals surface area contributed by atoms with E-state index in [2.05, 4.69) is 0 Å². The molecule has 8 heteroatoms. The van der Waals surface area contributed by atoms with E-state index < -0.39 is 35.7 Å². The molecule has 2 unspecified atom stereocenters. The molecule has 4 aliphatic rings. The highest BCUT2D eigenvalue weighted by Gasteiger charge is 2.42. The molecule has 0 spiro atoms. The van der Waals surface area contributed by atoms with Crippen molar-refractivity contribution in [2.75, 3.05) is 0 Å². The highest BCUT2D eigenvalue weighted by atomic mass is 16.6. The van der Waals surface area contributed by atoms with Gasteiger partial charge in [0.05, 0.1) is 24.7 Å². The number of hydrogen-bond donors (Lipinski definition) is 0. The van der Waals surface area contributed by atoms with Crippen molar-refractivity contribution in [1.29, 1.82) is 0 Å². The lowest BCUT2D eigenvalue weighted by molar-refractivity contribution is -0.175. The Balaban J connectivity index is 1.50. The van der Waals surface area contributed by atoms with Crippen molar-refractivity contribution in [3.05, 3.63) is 0 Å². The summed E-state index contributed by atoms with van der Waals surface area (Å²) in [5.74, 6) is -4.55. The van der Waals surface area contributed by atoms with E-state index >= 15 is 0 Å². The van der Waals surface area contributed by atoms with Crippen LogP contribution in [-0.4, -0.2) is 48.3 Å². The van der Waals surface area contributed by atoms with Crippen LogP contribution in [0.1, 0.15) is 141 Å². The zero-order chi connectivity index (χ0) is 28.2. The maximum absolute atomic E-state index is 13.7.